The molecular formula is C14H15BrN2O3S. The molecule has 2 aromatic carbocycles. The number of anilines is 1. The highest BCUT2D eigenvalue weighted by Crippen LogP contribution is 2.25. The van der Waals surface area contributed by atoms with E-state index in [1.807, 2.05) is 0 Å². The first-order chi connectivity index (χ1) is 9.80. The van der Waals surface area contributed by atoms with Crippen LogP contribution in [0.4, 0.5) is 5.69 Å². The molecule has 7 heteroatoms. The van der Waals surface area contributed by atoms with Crippen molar-refractivity contribution in [2.24, 2.45) is 0 Å². The number of hydrogen-bond donors (Lipinski definition) is 2. The van der Waals surface area contributed by atoms with Crippen molar-refractivity contribution in [2.75, 3.05) is 12.8 Å². The highest BCUT2D eigenvalue weighted by molar-refractivity contribution is 9.10. The number of nitrogens with zero attached hydrogens (tertiary/aromatic N) is 1. The van der Waals surface area contributed by atoms with Gasteiger partial charge in [-0.3, -0.25) is 0 Å². The minimum absolute atomic E-state index is 0.143. The number of halogens is 1. The Kier molecular flexibility index (Phi) is 4.55. The zero-order valence-electron chi connectivity index (χ0n) is 11.3. The molecule has 2 aromatic rings. The van der Waals surface area contributed by atoms with Gasteiger partial charge in [-0.2, -0.15) is 4.31 Å². The van der Waals surface area contributed by atoms with Gasteiger partial charge >= 0.3 is 0 Å². The molecule has 0 aliphatic heterocycles. The Morgan fingerprint density at radius 1 is 1.19 bits per heavy atom. The summed E-state index contributed by atoms with van der Waals surface area (Å²) in [5.41, 5.74) is 6.88. The number of hydrogen-bond acceptors (Lipinski definition) is 4. The van der Waals surface area contributed by atoms with Crippen molar-refractivity contribution in [3.05, 3.63) is 52.5 Å². The Morgan fingerprint density at radius 3 is 2.38 bits per heavy atom. The van der Waals surface area contributed by atoms with Crippen molar-refractivity contribution in [3.63, 3.8) is 0 Å². The van der Waals surface area contributed by atoms with E-state index in [4.69, 9.17) is 5.73 Å². The van der Waals surface area contributed by atoms with Gasteiger partial charge in [0.2, 0.25) is 10.0 Å². The number of nitrogens with two attached hydrogens (primary N) is 1. The van der Waals surface area contributed by atoms with Crippen LogP contribution < -0.4 is 5.73 Å². The SMILES string of the molecule is CN(Cc1ccc(O)cc1)S(=O)(=O)c1ccc(Br)c(N)c1. The van der Waals surface area contributed by atoms with Crippen LogP contribution in [0.3, 0.4) is 0 Å². The molecule has 2 rings (SSSR count). The number of phenols is 1. The second-order valence-corrected chi connectivity index (χ2v) is 7.51. The van der Waals surface area contributed by atoms with E-state index in [0.717, 1.165) is 5.56 Å². The molecule has 5 nitrogen and oxygen atoms in total. The highest BCUT2D eigenvalue weighted by Gasteiger charge is 2.21. The molecule has 0 heterocycles. The summed E-state index contributed by atoms with van der Waals surface area (Å²) < 4.78 is 26.8. The summed E-state index contributed by atoms with van der Waals surface area (Å²) in [6.07, 6.45) is 0. The van der Waals surface area contributed by atoms with E-state index in [0.29, 0.717) is 10.2 Å². The summed E-state index contributed by atoms with van der Waals surface area (Å²) in [5, 5.41) is 9.24. The fourth-order valence-corrected chi connectivity index (χ4v) is 3.25. The number of rotatable bonds is 4. The first kappa shape index (κ1) is 15.8. The van der Waals surface area contributed by atoms with Crippen molar-refractivity contribution < 1.29 is 13.5 Å². The normalized spacial score (nSPS) is 11.8. The van der Waals surface area contributed by atoms with Gasteiger partial charge in [-0.1, -0.05) is 12.1 Å². The third-order valence-electron chi connectivity index (χ3n) is 3.02. The molecule has 0 atom stereocenters. The number of sulfonamides is 1. The third-order valence-corrected chi connectivity index (χ3v) is 5.54. The molecule has 0 saturated carbocycles. The van der Waals surface area contributed by atoms with Crippen molar-refractivity contribution in [2.45, 2.75) is 11.4 Å². The lowest BCUT2D eigenvalue weighted by Crippen LogP contribution is -2.26. The summed E-state index contributed by atoms with van der Waals surface area (Å²) >= 11 is 3.24. The fourth-order valence-electron chi connectivity index (χ4n) is 1.81. The van der Waals surface area contributed by atoms with Crippen molar-refractivity contribution in [1.82, 2.24) is 4.31 Å². The average molecular weight is 371 g/mol. The van der Waals surface area contributed by atoms with E-state index in [-0.39, 0.29) is 17.2 Å². The maximum Gasteiger partial charge on any atom is 0.243 e. The average Bonchev–Trinajstić information content (AvgIpc) is 2.44. The van der Waals surface area contributed by atoms with Crippen molar-refractivity contribution in [3.8, 4) is 5.75 Å². The van der Waals surface area contributed by atoms with Gasteiger partial charge in [0.25, 0.3) is 0 Å². The van der Waals surface area contributed by atoms with Crippen molar-refractivity contribution >= 4 is 31.6 Å². The van der Waals surface area contributed by atoms with Crippen LogP contribution >= 0.6 is 15.9 Å². The lowest BCUT2D eigenvalue weighted by Gasteiger charge is -2.18. The summed E-state index contributed by atoms with van der Waals surface area (Å²) in [4.78, 5) is 0.143. The smallest absolute Gasteiger partial charge is 0.243 e. The van der Waals surface area contributed by atoms with Crippen LogP contribution in [0.25, 0.3) is 0 Å². The van der Waals surface area contributed by atoms with Gasteiger partial charge in [-0.05, 0) is 51.8 Å². The van der Waals surface area contributed by atoms with Crippen LogP contribution in [0.1, 0.15) is 5.56 Å². The Hall–Kier alpha value is -1.57. The van der Waals surface area contributed by atoms with E-state index in [1.54, 1.807) is 18.2 Å². The Balaban J connectivity index is 2.25. The summed E-state index contributed by atoms with van der Waals surface area (Å²) in [6, 6.07) is 10.9. The molecule has 0 aliphatic rings. The molecule has 0 unspecified atom stereocenters. The molecule has 21 heavy (non-hydrogen) atoms. The van der Waals surface area contributed by atoms with Crippen LogP contribution in [0.5, 0.6) is 5.75 Å². The van der Waals surface area contributed by atoms with E-state index in [9.17, 15) is 13.5 Å². The Morgan fingerprint density at radius 2 is 1.81 bits per heavy atom. The third kappa shape index (κ3) is 3.55. The lowest BCUT2D eigenvalue weighted by atomic mass is 10.2. The lowest BCUT2D eigenvalue weighted by molar-refractivity contribution is 0.463. The number of benzene rings is 2. The van der Waals surface area contributed by atoms with E-state index in [1.165, 1.54) is 35.6 Å². The van der Waals surface area contributed by atoms with E-state index in [2.05, 4.69) is 15.9 Å². The molecule has 0 aliphatic carbocycles. The predicted octanol–water partition coefficient (Wildman–Crippen LogP) is 2.56. The molecule has 112 valence electrons. The minimum Gasteiger partial charge on any atom is -0.508 e. The van der Waals surface area contributed by atoms with Gasteiger partial charge in [0.05, 0.1) is 4.90 Å². The molecule has 0 saturated heterocycles. The molecule has 0 radical (unpaired) electrons. The first-order valence-corrected chi connectivity index (χ1v) is 8.33. The largest absolute Gasteiger partial charge is 0.508 e. The van der Waals surface area contributed by atoms with Crippen LogP contribution in [-0.4, -0.2) is 24.9 Å². The second-order valence-electron chi connectivity index (χ2n) is 4.61. The first-order valence-electron chi connectivity index (χ1n) is 6.10. The topological polar surface area (TPSA) is 83.6 Å². The quantitative estimate of drug-likeness (QED) is 0.810. The van der Waals surface area contributed by atoms with Crippen LogP contribution in [0, 0.1) is 0 Å². The zero-order chi connectivity index (χ0) is 15.6. The van der Waals surface area contributed by atoms with Gasteiger partial charge < -0.3 is 10.8 Å². The van der Waals surface area contributed by atoms with E-state index < -0.39 is 10.0 Å². The molecular weight excluding hydrogens is 356 g/mol. The molecule has 0 aromatic heterocycles. The molecule has 0 amide bonds. The van der Waals surface area contributed by atoms with Crippen molar-refractivity contribution in [1.29, 1.82) is 0 Å². The summed E-state index contributed by atoms with van der Waals surface area (Å²) in [5.74, 6) is 0.143. The monoisotopic (exact) mass is 370 g/mol. The van der Waals surface area contributed by atoms with Gasteiger partial charge in [0.1, 0.15) is 5.75 Å². The number of nitrogen functional groups attached to an aromatic ring is 1. The highest BCUT2D eigenvalue weighted by atomic mass is 79.9. The van der Waals surface area contributed by atoms with Gasteiger partial charge in [0, 0.05) is 23.8 Å². The molecule has 0 spiro atoms. The maximum atomic E-state index is 12.5. The Bertz CT molecular complexity index is 745. The number of phenolic OH excluding ortho intramolecular Hbond substituents is 1. The van der Waals surface area contributed by atoms with Crippen LogP contribution in [-0.2, 0) is 16.6 Å². The summed E-state index contributed by atoms with van der Waals surface area (Å²) in [6.45, 7) is 0.207. The van der Waals surface area contributed by atoms with Gasteiger partial charge in [-0.15, -0.1) is 0 Å². The van der Waals surface area contributed by atoms with Gasteiger partial charge in [0.15, 0.2) is 0 Å². The summed E-state index contributed by atoms with van der Waals surface area (Å²) in [7, 11) is -2.12. The van der Waals surface area contributed by atoms with Crippen LogP contribution in [0.15, 0.2) is 51.8 Å². The zero-order valence-corrected chi connectivity index (χ0v) is 13.7. The van der Waals surface area contributed by atoms with Crippen LogP contribution in [0.2, 0.25) is 0 Å². The minimum atomic E-state index is -3.62. The molecule has 0 fully saturated rings. The standard InChI is InChI=1S/C14H15BrN2O3S/c1-17(9-10-2-4-11(18)5-3-10)21(19,20)12-6-7-13(15)14(16)8-12/h2-8,18H,9,16H2,1H3. The fraction of sp³-hybridized carbons (Fsp3) is 0.143. The van der Waals surface area contributed by atoms with Gasteiger partial charge in [-0.25, -0.2) is 8.42 Å². The predicted molar refractivity (Wildman–Crippen MR) is 85.3 cm³/mol. The second kappa shape index (κ2) is 6.05. The maximum absolute atomic E-state index is 12.5. The van der Waals surface area contributed by atoms with E-state index >= 15 is 0 Å². The molecule has 0 bridgehead atoms. The number of aromatic hydroxyl groups is 1. The molecule has 3 N–H and O–H groups in total. The Labute approximate surface area is 132 Å².